The summed E-state index contributed by atoms with van der Waals surface area (Å²) in [4.78, 5) is 22.0. The van der Waals surface area contributed by atoms with E-state index in [0.717, 1.165) is 6.92 Å². The van der Waals surface area contributed by atoms with Gasteiger partial charge < -0.3 is 25.1 Å². The second-order valence-corrected chi connectivity index (χ2v) is 4.71. The number of aliphatic hydroxyl groups is 2. The smallest absolute Gasteiger partial charge is 0.373 e. The Bertz CT molecular complexity index is 602. The molecule has 0 aliphatic carbocycles. The summed E-state index contributed by atoms with van der Waals surface area (Å²) in [7, 11) is 0. The summed E-state index contributed by atoms with van der Waals surface area (Å²) >= 11 is 0. The van der Waals surface area contributed by atoms with Crippen molar-refractivity contribution in [2.24, 2.45) is 0 Å². The molecule has 0 spiro atoms. The van der Waals surface area contributed by atoms with Crippen molar-refractivity contribution in [2.75, 3.05) is 5.32 Å². The predicted octanol–water partition coefficient (Wildman–Crippen LogP) is 0.222. The molecule has 1 rings (SSSR count). The number of ether oxygens (including phenoxy) is 1. The first-order valence-electron chi connectivity index (χ1n) is 6.52. The van der Waals surface area contributed by atoms with E-state index in [-0.39, 0.29) is 6.42 Å². The van der Waals surface area contributed by atoms with Gasteiger partial charge in [0.25, 0.3) is 11.5 Å². The number of rotatable bonds is 7. The van der Waals surface area contributed by atoms with Gasteiger partial charge >= 0.3 is 6.18 Å². The first-order valence-corrected chi connectivity index (χ1v) is 6.52. The van der Waals surface area contributed by atoms with Gasteiger partial charge in [-0.15, -0.1) is 0 Å². The largest absolute Gasteiger partial charge is 0.423 e. The van der Waals surface area contributed by atoms with Crippen LogP contribution >= 0.6 is 0 Å². The Hall–Kier alpha value is -1.98. The summed E-state index contributed by atoms with van der Waals surface area (Å²) in [6.45, 7) is 2.63. The molecule has 0 bridgehead atoms. The third-order valence-electron chi connectivity index (χ3n) is 2.95. The van der Waals surface area contributed by atoms with Gasteiger partial charge in [-0.05, 0) is 13.3 Å². The third-order valence-corrected chi connectivity index (χ3v) is 2.95. The minimum atomic E-state index is -4.98. The fourth-order valence-corrected chi connectivity index (χ4v) is 1.65. The first-order chi connectivity index (χ1) is 10.5. The van der Waals surface area contributed by atoms with Crippen molar-refractivity contribution in [1.29, 1.82) is 0 Å². The zero-order chi connectivity index (χ0) is 17.8. The van der Waals surface area contributed by atoms with Crippen molar-refractivity contribution >= 4 is 12.0 Å². The van der Waals surface area contributed by atoms with Gasteiger partial charge in [0.15, 0.2) is 0 Å². The Labute approximate surface area is 128 Å². The Morgan fingerprint density at radius 1 is 1.48 bits per heavy atom. The van der Waals surface area contributed by atoms with Crippen molar-refractivity contribution in [2.45, 2.75) is 44.6 Å². The van der Waals surface area contributed by atoms with E-state index in [4.69, 9.17) is 4.74 Å². The zero-order valence-electron chi connectivity index (χ0n) is 12.2. The molecule has 0 aliphatic heterocycles. The van der Waals surface area contributed by atoms with Crippen LogP contribution in [0.2, 0.25) is 0 Å². The second kappa shape index (κ2) is 7.06. The monoisotopic (exact) mass is 339 g/mol. The molecule has 1 aromatic rings. The van der Waals surface area contributed by atoms with Crippen molar-refractivity contribution in [1.82, 2.24) is 10.2 Å². The van der Waals surface area contributed by atoms with Gasteiger partial charge in [-0.2, -0.15) is 18.3 Å². The lowest BCUT2D eigenvalue weighted by atomic mass is 10.2. The molecule has 0 radical (unpaired) electrons. The van der Waals surface area contributed by atoms with Gasteiger partial charge in [0, 0.05) is 0 Å². The van der Waals surface area contributed by atoms with Crippen molar-refractivity contribution in [3.63, 3.8) is 0 Å². The van der Waals surface area contributed by atoms with Gasteiger partial charge in [0.2, 0.25) is 0 Å². The number of aromatic amines is 1. The van der Waals surface area contributed by atoms with E-state index in [0.29, 0.717) is 12.5 Å². The van der Waals surface area contributed by atoms with E-state index in [1.54, 1.807) is 5.10 Å². The molecule has 130 valence electrons. The molecule has 0 amide bonds. The lowest BCUT2D eigenvalue weighted by molar-refractivity contribution is -0.353. The number of hydrogen-bond acceptors (Lipinski definition) is 7. The number of halogens is 3. The maximum absolute atomic E-state index is 12.9. The number of alkyl halides is 3. The minimum Gasteiger partial charge on any atom is -0.373 e. The molecule has 2 atom stereocenters. The first kappa shape index (κ1) is 19.1. The highest BCUT2D eigenvalue weighted by molar-refractivity contribution is 5.56. The van der Waals surface area contributed by atoms with Crippen LogP contribution in [-0.4, -0.2) is 44.8 Å². The maximum atomic E-state index is 12.9. The number of hydrogen-bond donors (Lipinski definition) is 4. The van der Waals surface area contributed by atoms with E-state index >= 15 is 0 Å². The van der Waals surface area contributed by atoms with Crippen molar-refractivity contribution < 1.29 is 32.9 Å². The Kier molecular flexibility index (Phi) is 5.86. The standard InChI is InChI=1S/C12H16F3N3O5/c1-3-7(5-19)23-12(21,22)6(2)17-8-4-16-18-10(20)9(8)11(13,14)15/h4-7,21-22H,3H2,1-2H3,(H2,17,18,20)/t6-,7?/m0/s1. The number of H-pyrrole nitrogens is 1. The Balaban J connectivity index is 3.06. The van der Waals surface area contributed by atoms with Gasteiger partial charge in [0.05, 0.1) is 11.9 Å². The Morgan fingerprint density at radius 3 is 2.57 bits per heavy atom. The summed E-state index contributed by atoms with van der Waals surface area (Å²) in [5.41, 5.74) is -3.82. The van der Waals surface area contributed by atoms with Crippen molar-refractivity contribution in [3.05, 3.63) is 22.1 Å². The molecular weight excluding hydrogens is 323 g/mol. The molecular formula is C12H16F3N3O5. The van der Waals surface area contributed by atoms with Crippen LogP contribution in [0.4, 0.5) is 18.9 Å². The summed E-state index contributed by atoms with van der Waals surface area (Å²) in [5, 5.41) is 26.5. The van der Waals surface area contributed by atoms with Crippen molar-refractivity contribution in [3.8, 4) is 0 Å². The summed E-state index contributed by atoms with van der Waals surface area (Å²) in [5.74, 6) is -2.95. The quantitative estimate of drug-likeness (QED) is 0.414. The SMILES string of the molecule is CCC(C=O)OC(O)(O)[C@H](C)Nc1cn[nH]c(=O)c1C(F)(F)F. The van der Waals surface area contributed by atoms with Crippen LogP contribution in [0.1, 0.15) is 25.8 Å². The normalized spacial score (nSPS) is 15.1. The number of anilines is 1. The number of nitrogens with one attached hydrogen (secondary N) is 2. The molecule has 0 saturated carbocycles. The molecule has 0 aliphatic rings. The summed E-state index contributed by atoms with van der Waals surface area (Å²) in [6, 6.07) is -1.51. The number of nitrogens with zero attached hydrogens (tertiary/aromatic N) is 1. The van der Waals surface area contributed by atoms with E-state index in [9.17, 15) is 33.0 Å². The molecule has 11 heteroatoms. The number of carbonyl (C=O) groups is 1. The fourth-order valence-electron chi connectivity index (χ4n) is 1.65. The second-order valence-electron chi connectivity index (χ2n) is 4.71. The molecule has 1 unspecified atom stereocenters. The maximum Gasteiger partial charge on any atom is 0.423 e. The molecule has 23 heavy (non-hydrogen) atoms. The van der Waals surface area contributed by atoms with Gasteiger partial charge in [-0.1, -0.05) is 6.92 Å². The molecule has 1 heterocycles. The molecule has 4 N–H and O–H groups in total. The van der Waals surface area contributed by atoms with E-state index in [1.807, 2.05) is 0 Å². The van der Waals surface area contributed by atoms with Crippen LogP contribution in [0.25, 0.3) is 0 Å². The summed E-state index contributed by atoms with van der Waals surface area (Å²) in [6.07, 6.45) is -5.02. The minimum absolute atomic E-state index is 0.124. The van der Waals surface area contributed by atoms with Crippen LogP contribution in [0.5, 0.6) is 0 Å². The predicted molar refractivity (Wildman–Crippen MR) is 71.3 cm³/mol. The lowest BCUT2D eigenvalue weighted by Crippen LogP contribution is -2.50. The van der Waals surface area contributed by atoms with Gasteiger partial charge in [-0.25, -0.2) is 5.10 Å². The van der Waals surface area contributed by atoms with E-state index < -0.39 is 41.1 Å². The number of aldehydes is 1. The highest BCUT2D eigenvalue weighted by Gasteiger charge is 2.40. The highest BCUT2D eigenvalue weighted by atomic mass is 19.4. The highest BCUT2D eigenvalue weighted by Crippen LogP contribution is 2.32. The molecule has 0 fully saturated rings. The van der Waals surface area contributed by atoms with Crippen LogP contribution in [0, 0.1) is 0 Å². The molecule has 0 aromatic carbocycles. The van der Waals surface area contributed by atoms with E-state index in [2.05, 4.69) is 10.4 Å². The van der Waals surface area contributed by atoms with Gasteiger partial charge in [-0.3, -0.25) is 4.79 Å². The third kappa shape index (κ3) is 4.74. The molecule has 8 nitrogen and oxygen atoms in total. The summed E-state index contributed by atoms with van der Waals surface area (Å²) < 4.78 is 43.4. The number of carbonyl (C=O) groups excluding carboxylic acids is 1. The van der Waals surface area contributed by atoms with E-state index in [1.165, 1.54) is 6.92 Å². The average Bonchev–Trinajstić information content (AvgIpc) is 2.43. The van der Waals surface area contributed by atoms with Crippen LogP contribution in [0.3, 0.4) is 0 Å². The topological polar surface area (TPSA) is 125 Å². The number of aromatic nitrogens is 2. The van der Waals surface area contributed by atoms with Gasteiger partial charge in [0.1, 0.15) is 24.0 Å². The molecule has 0 saturated heterocycles. The lowest BCUT2D eigenvalue weighted by Gasteiger charge is -2.31. The molecule has 1 aromatic heterocycles. The Morgan fingerprint density at radius 2 is 2.09 bits per heavy atom. The van der Waals surface area contributed by atoms with Crippen LogP contribution in [-0.2, 0) is 15.7 Å². The van der Waals surface area contributed by atoms with Crippen LogP contribution in [0.15, 0.2) is 11.0 Å². The fraction of sp³-hybridized carbons (Fsp3) is 0.583. The van der Waals surface area contributed by atoms with Crippen LogP contribution < -0.4 is 10.9 Å². The average molecular weight is 339 g/mol. The zero-order valence-corrected chi connectivity index (χ0v) is 12.2.